The summed E-state index contributed by atoms with van der Waals surface area (Å²) in [6.07, 6.45) is -3.25. The lowest BCUT2D eigenvalue weighted by molar-refractivity contribution is -0.140. The van der Waals surface area contributed by atoms with E-state index in [9.17, 15) is 26.9 Å². The van der Waals surface area contributed by atoms with E-state index in [4.69, 9.17) is 0 Å². The zero-order chi connectivity index (χ0) is 23.8. The van der Waals surface area contributed by atoms with Gasteiger partial charge in [0.2, 0.25) is 9.84 Å². The molecule has 2 aromatic heterocycles. The minimum absolute atomic E-state index is 0.0900. The predicted octanol–water partition coefficient (Wildman–Crippen LogP) is 4.58. The van der Waals surface area contributed by atoms with Gasteiger partial charge in [-0.05, 0) is 36.6 Å². The lowest BCUT2D eigenvalue weighted by Gasteiger charge is -2.36. The number of aromatic nitrogens is 1. The van der Waals surface area contributed by atoms with Crippen molar-refractivity contribution < 1.29 is 21.6 Å². The molecule has 0 bridgehead atoms. The summed E-state index contributed by atoms with van der Waals surface area (Å²) in [6, 6.07) is 11.0. The van der Waals surface area contributed by atoms with Gasteiger partial charge in [0.05, 0.1) is 5.52 Å². The van der Waals surface area contributed by atoms with Crippen LogP contribution in [-0.2, 0) is 16.0 Å². The summed E-state index contributed by atoms with van der Waals surface area (Å²) >= 11 is 1.03. The maximum absolute atomic E-state index is 13.4. The normalized spacial score (nSPS) is 15.7. The van der Waals surface area contributed by atoms with Crippen LogP contribution >= 0.6 is 11.3 Å². The molecule has 0 atom stereocenters. The first-order valence-electron chi connectivity index (χ1n) is 9.98. The standard InChI is InChI=1S/C22H19F3N4O2S2/c1-15-4-5-18-17(11-15)19(12-20(27-18)22(23,24)25)29-8-6-28(7-9-29)14-16(13-26)33(30,31)21-3-2-10-32-21/h2-5,10-12,14H,6-9H2,1H3/b16-14-. The van der Waals surface area contributed by atoms with E-state index < -0.39 is 21.7 Å². The van der Waals surface area contributed by atoms with Gasteiger partial charge in [-0.2, -0.15) is 18.4 Å². The molecule has 0 amide bonds. The highest BCUT2D eigenvalue weighted by Gasteiger charge is 2.34. The van der Waals surface area contributed by atoms with Crippen molar-refractivity contribution in [3.8, 4) is 6.07 Å². The number of hydrogen-bond donors (Lipinski definition) is 0. The van der Waals surface area contributed by atoms with Crippen LogP contribution in [0.15, 0.2) is 57.1 Å². The summed E-state index contributed by atoms with van der Waals surface area (Å²) in [5, 5.41) is 11.7. The fraction of sp³-hybridized carbons (Fsp3) is 0.273. The summed E-state index contributed by atoms with van der Waals surface area (Å²) in [5.74, 6) is 0. The average Bonchev–Trinajstić information content (AvgIpc) is 3.32. The molecule has 0 radical (unpaired) electrons. The van der Waals surface area contributed by atoms with Gasteiger partial charge in [-0.15, -0.1) is 11.3 Å². The Morgan fingerprint density at radius 1 is 1.18 bits per heavy atom. The number of fused-ring (bicyclic) bond motifs is 1. The van der Waals surface area contributed by atoms with Gasteiger partial charge in [-0.25, -0.2) is 13.4 Å². The molecule has 172 valence electrons. The fourth-order valence-corrected chi connectivity index (χ4v) is 5.94. The summed E-state index contributed by atoms with van der Waals surface area (Å²) in [7, 11) is -3.90. The smallest absolute Gasteiger partial charge is 0.372 e. The van der Waals surface area contributed by atoms with E-state index in [2.05, 4.69) is 4.98 Å². The molecule has 33 heavy (non-hydrogen) atoms. The zero-order valence-electron chi connectivity index (χ0n) is 17.5. The van der Waals surface area contributed by atoms with Gasteiger partial charge in [0, 0.05) is 43.5 Å². The first-order valence-corrected chi connectivity index (χ1v) is 12.3. The van der Waals surface area contributed by atoms with Gasteiger partial charge in [0.25, 0.3) is 0 Å². The Morgan fingerprint density at radius 2 is 1.91 bits per heavy atom. The third kappa shape index (κ3) is 4.67. The Bertz CT molecular complexity index is 1350. The number of hydrogen-bond acceptors (Lipinski definition) is 7. The average molecular weight is 493 g/mol. The number of pyridine rings is 1. The van der Waals surface area contributed by atoms with Crippen molar-refractivity contribution in [1.29, 1.82) is 5.26 Å². The molecule has 3 aromatic rings. The van der Waals surface area contributed by atoms with Gasteiger partial charge in [-0.1, -0.05) is 17.7 Å². The SMILES string of the molecule is Cc1ccc2nc(C(F)(F)F)cc(N3CCN(/C=C(/C#N)S(=O)(=O)c4cccs4)CC3)c2c1. The number of aryl methyl sites for hydroxylation is 1. The number of allylic oxidation sites excluding steroid dienone is 1. The van der Waals surface area contributed by atoms with Crippen LogP contribution in [0.3, 0.4) is 0 Å². The van der Waals surface area contributed by atoms with Gasteiger partial charge in [0.15, 0.2) is 4.91 Å². The molecule has 1 aliphatic rings. The summed E-state index contributed by atoms with van der Waals surface area (Å²) in [6.45, 7) is 3.28. The number of nitriles is 1. The highest BCUT2D eigenvalue weighted by molar-refractivity contribution is 7.97. The van der Waals surface area contributed by atoms with Crippen LogP contribution in [0.1, 0.15) is 11.3 Å². The van der Waals surface area contributed by atoms with Crippen molar-refractivity contribution in [3.63, 3.8) is 0 Å². The van der Waals surface area contributed by atoms with Crippen LogP contribution in [0, 0.1) is 18.3 Å². The molecular formula is C22H19F3N4O2S2. The lowest BCUT2D eigenvalue weighted by Crippen LogP contribution is -2.44. The van der Waals surface area contributed by atoms with Gasteiger partial charge in [0.1, 0.15) is 16.0 Å². The second-order valence-corrected chi connectivity index (χ2v) is 10.7. The highest BCUT2D eigenvalue weighted by Crippen LogP contribution is 2.35. The van der Waals surface area contributed by atoms with E-state index >= 15 is 0 Å². The number of benzene rings is 1. The lowest BCUT2D eigenvalue weighted by atomic mass is 10.1. The Labute approximate surface area is 193 Å². The molecule has 0 spiro atoms. The van der Waals surface area contributed by atoms with Crippen LogP contribution in [-0.4, -0.2) is 44.5 Å². The Hall–Kier alpha value is -3.10. The first kappa shape index (κ1) is 23.1. The summed E-state index contributed by atoms with van der Waals surface area (Å²) in [4.78, 5) is 6.97. The fourth-order valence-electron chi connectivity index (χ4n) is 3.67. The minimum Gasteiger partial charge on any atom is -0.372 e. The predicted molar refractivity (Wildman–Crippen MR) is 120 cm³/mol. The number of sulfone groups is 1. The second-order valence-electron chi connectivity index (χ2n) is 7.61. The molecule has 0 N–H and O–H groups in total. The molecule has 0 unspecified atom stereocenters. The quantitative estimate of drug-likeness (QED) is 0.496. The number of rotatable bonds is 4. The number of thiophene rings is 1. The second kappa shape index (κ2) is 8.68. The van der Waals surface area contributed by atoms with E-state index in [-0.39, 0.29) is 14.6 Å². The molecule has 1 saturated heterocycles. The summed E-state index contributed by atoms with van der Waals surface area (Å²) in [5.41, 5.74) is 0.655. The molecule has 6 nitrogen and oxygen atoms in total. The van der Waals surface area contributed by atoms with Crippen molar-refractivity contribution in [2.75, 3.05) is 31.1 Å². The van der Waals surface area contributed by atoms with E-state index in [0.29, 0.717) is 37.3 Å². The van der Waals surface area contributed by atoms with Crippen LogP contribution in [0.4, 0.5) is 18.9 Å². The van der Waals surface area contributed by atoms with Crippen molar-refractivity contribution in [1.82, 2.24) is 9.88 Å². The summed E-state index contributed by atoms with van der Waals surface area (Å²) < 4.78 is 65.7. The van der Waals surface area contributed by atoms with E-state index in [1.54, 1.807) is 34.5 Å². The molecule has 3 heterocycles. The molecule has 1 aliphatic heterocycles. The molecule has 0 aliphatic carbocycles. The zero-order valence-corrected chi connectivity index (χ0v) is 19.1. The molecular weight excluding hydrogens is 473 g/mol. The molecule has 1 fully saturated rings. The Kier molecular flexibility index (Phi) is 6.07. The number of anilines is 1. The third-order valence-corrected chi connectivity index (χ3v) is 8.40. The number of piperazine rings is 1. The Morgan fingerprint density at radius 3 is 2.52 bits per heavy atom. The molecule has 1 aromatic carbocycles. The van der Waals surface area contributed by atoms with Crippen LogP contribution in [0.2, 0.25) is 0 Å². The maximum atomic E-state index is 13.4. The van der Waals surface area contributed by atoms with Crippen LogP contribution < -0.4 is 4.90 Å². The Balaban J connectivity index is 1.61. The topological polar surface area (TPSA) is 77.3 Å². The number of alkyl halides is 3. The van der Waals surface area contributed by atoms with E-state index in [0.717, 1.165) is 23.0 Å². The highest BCUT2D eigenvalue weighted by atomic mass is 32.2. The molecule has 0 saturated carbocycles. The molecule has 4 rings (SSSR count). The van der Waals surface area contributed by atoms with E-state index in [1.165, 1.54) is 12.3 Å². The minimum atomic E-state index is -4.57. The number of halogens is 3. The van der Waals surface area contributed by atoms with Crippen molar-refractivity contribution in [3.05, 3.63) is 64.1 Å². The largest absolute Gasteiger partial charge is 0.433 e. The van der Waals surface area contributed by atoms with Gasteiger partial charge in [-0.3, -0.25) is 0 Å². The van der Waals surface area contributed by atoms with Gasteiger partial charge >= 0.3 is 6.18 Å². The van der Waals surface area contributed by atoms with Crippen LogP contribution in [0.5, 0.6) is 0 Å². The number of nitrogens with zero attached hydrogens (tertiary/aromatic N) is 4. The van der Waals surface area contributed by atoms with Gasteiger partial charge < -0.3 is 9.80 Å². The van der Waals surface area contributed by atoms with Crippen LogP contribution in [0.25, 0.3) is 10.9 Å². The monoisotopic (exact) mass is 492 g/mol. The van der Waals surface area contributed by atoms with E-state index in [1.807, 2.05) is 17.9 Å². The molecule has 11 heteroatoms. The first-order chi connectivity index (χ1) is 15.6. The third-order valence-electron chi connectivity index (χ3n) is 5.35. The van der Waals surface area contributed by atoms with Crippen molar-refractivity contribution in [2.24, 2.45) is 0 Å². The van der Waals surface area contributed by atoms with Crippen molar-refractivity contribution in [2.45, 2.75) is 17.3 Å². The van der Waals surface area contributed by atoms with Crippen molar-refractivity contribution >= 4 is 37.8 Å². The maximum Gasteiger partial charge on any atom is 0.433 e.